The molecule has 3 heteroatoms. The van der Waals surface area contributed by atoms with E-state index in [9.17, 15) is 0 Å². The third kappa shape index (κ3) is 3.38. The largest absolute Gasteiger partial charge is 0.493 e. The van der Waals surface area contributed by atoms with E-state index in [4.69, 9.17) is 9.47 Å². The van der Waals surface area contributed by atoms with Gasteiger partial charge in [0.2, 0.25) is 0 Å². The highest BCUT2D eigenvalue weighted by atomic mass is 16.5. The molecule has 1 heterocycles. The third-order valence-electron chi connectivity index (χ3n) is 4.36. The van der Waals surface area contributed by atoms with Crippen molar-refractivity contribution in [3.05, 3.63) is 18.2 Å². The highest BCUT2D eigenvalue weighted by Crippen LogP contribution is 2.33. The van der Waals surface area contributed by atoms with Gasteiger partial charge in [-0.15, -0.1) is 0 Å². The van der Waals surface area contributed by atoms with E-state index in [-0.39, 0.29) is 6.10 Å². The maximum atomic E-state index is 5.98. The van der Waals surface area contributed by atoms with Gasteiger partial charge >= 0.3 is 0 Å². The van der Waals surface area contributed by atoms with Crippen molar-refractivity contribution >= 4 is 5.69 Å². The van der Waals surface area contributed by atoms with Crippen LogP contribution in [0.2, 0.25) is 0 Å². The van der Waals surface area contributed by atoms with E-state index >= 15 is 0 Å². The third-order valence-corrected chi connectivity index (χ3v) is 4.36. The minimum atomic E-state index is 0.261. The molecule has 20 heavy (non-hydrogen) atoms. The van der Waals surface area contributed by atoms with Crippen LogP contribution in [0.25, 0.3) is 0 Å². The average Bonchev–Trinajstić information content (AvgIpc) is 2.66. The van der Waals surface area contributed by atoms with Crippen LogP contribution < -0.4 is 14.8 Å². The smallest absolute Gasteiger partial charge is 0.146 e. The van der Waals surface area contributed by atoms with Gasteiger partial charge in [0.25, 0.3) is 0 Å². The molecule has 0 spiro atoms. The molecule has 0 unspecified atom stereocenters. The molecule has 0 bridgehead atoms. The number of anilines is 1. The lowest BCUT2D eigenvalue weighted by molar-refractivity contribution is 0.203. The lowest BCUT2D eigenvalue weighted by Gasteiger charge is -2.22. The van der Waals surface area contributed by atoms with Gasteiger partial charge < -0.3 is 14.8 Å². The molecule has 2 aliphatic rings. The minimum absolute atomic E-state index is 0.261. The predicted molar refractivity (Wildman–Crippen MR) is 81.7 cm³/mol. The van der Waals surface area contributed by atoms with Gasteiger partial charge in [0, 0.05) is 19.0 Å². The first-order valence-electron chi connectivity index (χ1n) is 7.98. The molecule has 1 saturated carbocycles. The van der Waals surface area contributed by atoms with Gasteiger partial charge in [-0.3, -0.25) is 0 Å². The van der Waals surface area contributed by atoms with Crippen molar-refractivity contribution in [1.82, 2.24) is 0 Å². The van der Waals surface area contributed by atoms with Gasteiger partial charge in [-0.1, -0.05) is 19.3 Å². The Balaban J connectivity index is 1.62. The summed E-state index contributed by atoms with van der Waals surface area (Å²) in [5, 5.41) is 3.41. The van der Waals surface area contributed by atoms with Gasteiger partial charge in [0.05, 0.1) is 18.4 Å². The van der Waals surface area contributed by atoms with E-state index in [0.29, 0.717) is 0 Å². The van der Waals surface area contributed by atoms with Crippen molar-refractivity contribution < 1.29 is 9.47 Å². The Morgan fingerprint density at radius 2 is 2.05 bits per heavy atom. The van der Waals surface area contributed by atoms with Crippen molar-refractivity contribution in [1.29, 1.82) is 0 Å². The quantitative estimate of drug-likeness (QED) is 0.895. The Morgan fingerprint density at radius 3 is 2.90 bits per heavy atom. The number of hydrogen-bond donors (Lipinski definition) is 1. The van der Waals surface area contributed by atoms with Crippen molar-refractivity contribution in [2.75, 3.05) is 18.5 Å². The average molecular weight is 275 g/mol. The SMILES string of the molecule is C[C@@H]1CCNc2ccc(OCC3CCCCC3)cc2O1. The van der Waals surface area contributed by atoms with E-state index in [2.05, 4.69) is 18.3 Å². The Hall–Kier alpha value is -1.38. The second-order valence-electron chi connectivity index (χ2n) is 6.12. The molecule has 3 nitrogen and oxygen atoms in total. The van der Waals surface area contributed by atoms with Crippen molar-refractivity contribution in [3.8, 4) is 11.5 Å². The molecule has 3 rings (SSSR count). The summed E-state index contributed by atoms with van der Waals surface area (Å²) in [5.41, 5.74) is 1.08. The number of fused-ring (bicyclic) bond motifs is 1. The maximum Gasteiger partial charge on any atom is 0.146 e. The lowest BCUT2D eigenvalue weighted by Crippen LogP contribution is -2.15. The highest BCUT2D eigenvalue weighted by Gasteiger charge is 2.16. The van der Waals surface area contributed by atoms with Crippen LogP contribution >= 0.6 is 0 Å². The van der Waals surface area contributed by atoms with Gasteiger partial charge in [-0.25, -0.2) is 0 Å². The standard InChI is InChI=1S/C17H25NO2/c1-13-9-10-18-16-8-7-15(11-17(16)20-13)19-12-14-5-3-2-4-6-14/h7-8,11,13-14,18H,2-6,9-10,12H2,1H3/t13-/m1/s1. The predicted octanol–water partition coefficient (Wildman–Crippen LogP) is 4.23. The molecule has 0 saturated heterocycles. The first kappa shape index (κ1) is 13.6. The summed E-state index contributed by atoms with van der Waals surface area (Å²) in [6, 6.07) is 6.16. The molecular formula is C17H25NO2. The summed E-state index contributed by atoms with van der Waals surface area (Å²) in [6.07, 6.45) is 8.06. The summed E-state index contributed by atoms with van der Waals surface area (Å²) in [4.78, 5) is 0. The fourth-order valence-corrected chi connectivity index (χ4v) is 3.09. The second-order valence-corrected chi connectivity index (χ2v) is 6.12. The van der Waals surface area contributed by atoms with Crippen molar-refractivity contribution in [2.24, 2.45) is 5.92 Å². The normalized spacial score (nSPS) is 23.1. The van der Waals surface area contributed by atoms with Crippen molar-refractivity contribution in [3.63, 3.8) is 0 Å². The zero-order valence-electron chi connectivity index (χ0n) is 12.4. The molecule has 1 fully saturated rings. The second kappa shape index (κ2) is 6.38. The van der Waals surface area contributed by atoms with Crippen LogP contribution in [-0.4, -0.2) is 19.3 Å². The van der Waals surface area contributed by atoms with Crippen LogP contribution in [0.4, 0.5) is 5.69 Å². The molecule has 1 aliphatic heterocycles. The first-order valence-corrected chi connectivity index (χ1v) is 7.98. The van der Waals surface area contributed by atoms with Crippen LogP contribution in [0.1, 0.15) is 45.4 Å². The lowest BCUT2D eigenvalue weighted by atomic mass is 9.90. The van der Waals surface area contributed by atoms with Crippen LogP contribution in [0.3, 0.4) is 0 Å². The number of nitrogens with one attached hydrogen (secondary N) is 1. The first-order chi connectivity index (χ1) is 9.81. The fourth-order valence-electron chi connectivity index (χ4n) is 3.09. The monoisotopic (exact) mass is 275 g/mol. The van der Waals surface area contributed by atoms with Crippen LogP contribution in [0, 0.1) is 5.92 Å². The minimum Gasteiger partial charge on any atom is -0.493 e. The summed E-state index contributed by atoms with van der Waals surface area (Å²) >= 11 is 0. The fraction of sp³-hybridized carbons (Fsp3) is 0.647. The number of benzene rings is 1. The van der Waals surface area contributed by atoms with E-state index < -0.39 is 0 Å². The van der Waals surface area contributed by atoms with Crippen LogP contribution in [0.5, 0.6) is 11.5 Å². The zero-order chi connectivity index (χ0) is 13.8. The van der Waals surface area contributed by atoms with E-state index in [1.54, 1.807) is 0 Å². The van der Waals surface area contributed by atoms with Crippen LogP contribution in [0.15, 0.2) is 18.2 Å². The Kier molecular flexibility index (Phi) is 4.34. The highest BCUT2D eigenvalue weighted by molar-refractivity contribution is 5.59. The Labute approximate surface area is 121 Å². The Morgan fingerprint density at radius 1 is 1.20 bits per heavy atom. The molecule has 0 radical (unpaired) electrons. The van der Waals surface area contributed by atoms with Gasteiger partial charge in [-0.05, 0) is 37.8 Å². The van der Waals surface area contributed by atoms with Crippen LogP contribution in [-0.2, 0) is 0 Å². The molecule has 1 N–H and O–H groups in total. The Bertz CT molecular complexity index is 441. The zero-order valence-corrected chi connectivity index (χ0v) is 12.4. The molecule has 110 valence electrons. The topological polar surface area (TPSA) is 30.5 Å². The molecule has 1 aliphatic carbocycles. The molecular weight excluding hydrogens is 250 g/mol. The maximum absolute atomic E-state index is 5.98. The van der Waals surface area contributed by atoms with Gasteiger partial charge in [0.1, 0.15) is 11.5 Å². The summed E-state index contributed by atoms with van der Waals surface area (Å²) < 4.78 is 11.9. The molecule has 1 atom stereocenters. The van der Waals surface area contributed by atoms with E-state index in [0.717, 1.165) is 42.7 Å². The van der Waals surface area contributed by atoms with Gasteiger partial charge in [0.15, 0.2) is 0 Å². The molecule has 1 aromatic rings. The number of ether oxygens (including phenoxy) is 2. The van der Waals surface area contributed by atoms with Crippen molar-refractivity contribution in [2.45, 2.75) is 51.6 Å². The summed E-state index contributed by atoms with van der Waals surface area (Å²) in [7, 11) is 0. The molecule has 0 aromatic heterocycles. The van der Waals surface area contributed by atoms with E-state index in [1.165, 1.54) is 32.1 Å². The summed E-state index contributed by atoms with van der Waals surface area (Å²) in [6.45, 7) is 3.94. The molecule has 0 amide bonds. The number of hydrogen-bond acceptors (Lipinski definition) is 3. The van der Waals surface area contributed by atoms with E-state index in [1.807, 2.05) is 12.1 Å². The number of rotatable bonds is 3. The summed E-state index contributed by atoms with van der Waals surface area (Å²) in [5.74, 6) is 2.60. The van der Waals surface area contributed by atoms with Gasteiger partial charge in [-0.2, -0.15) is 0 Å². The molecule has 1 aromatic carbocycles.